The van der Waals surface area contributed by atoms with Crippen molar-refractivity contribution in [3.05, 3.63) is 75.7 Å². The predicted molar refractivity (Wildman–Crippen MR) is 200 cm³/mol. The molecule has 3 aliphatic rings. The summed E-state index contributed by atoms with van der Waals surface area (Å²) in [6, 6.07) is 12.9. The molecule has 7 rings (SSSR count). The number of phosphoric ester groups is 1. The van der Waals surface area contributed by atoms with Crippen molar-refractivity contribution >= 4 is 41.6 Å². The first-order chi connectivity index (χ1) is 25.4. The highest BCUT2D eigenvalue weighted by molar-refractivity contribution is 7.46. The number of para-hydroxylation sites is 1. The van der Waals surface area contributed by atoms with E-state index in [2.05, 4.69) is 36.8 Å². The van der Waals surface area contributed by atoms with E-state index in [1.54, 1.807) is 11.1 Å². The molecule has 0 saturated carbocycles. The maximum absolute atomic E-state index is 14.3. The average molecular weight is 749 g/mol. The van der Waals surface area contributed by atoms with Crippen LogP contribution in [0.1, 0.15) is 48.3 Å². The maximum atomic E-state index is 14.3. The predicted octanol–water partition coefficient (Wildman–Crippen LogP) is 2.99. The Hall–Kier alpha value is -4.11. The number of likely N-dealkylation sites (tertiary alicyclic amines) is 2. The molecular formula is C37H49N8O7P. The van der Waals surface area contributed by atoms with Crippen LogP contribution in [0.3, 0.4) is 0 Å². The highest BCUT2D eigenvalue weighted by Gasteiger charge is 2.34. The molecular weight excluding hydrogens is 699 g/mol. The molecule has 284 valence electrons. The lowest BCUT2D eigenvalue weighted by atomic mass is 9.89. The summed E-state index contributed by atoms with van der Waals surface area (Å²) in [6.07, 6.45) is 5.42. The fourth-order valence-electron chi connectivity index (χ4n) is 8.18. The number of urea groups is 1. The number of pyridine rings is 1. The summed E-state index contributed by atoms with van der Waals surface area (Å²) in [4.78, 5) is 70.8. The minimum atomic E-state index is -4.68. The van der Waals surface area contributed by atoms with E-state index in [1.165, 1.54) is 4.68 Å². The van der Waals surface area contributed by atoms with Gasteiger partial charge in [-0.1, -0.05) is 24.3 Å². The summed E-state index contributed by atoms with van der Waals surface area (Å²) in [6.45, 7) is 7.31. The first kappa shape index (κ1) is 37.2. The summed E-state index contributed by atoms with van der Waals surface area (Å²) in [7, 11) is -2.52. The monoisotopic (exact) mass is 748 g/mol. The molecule has 4 N–H and O–H groups in total. The number of fused-ring (bicyclic) bond motifs is 2. The molecule has 0 radical (unpaired) electrons. The van der Waals surface area contributed by atoms with Crippen molar-refractivity contribution in [2.45, 2.75) is 63.8 Å². The number of hydrogen-bond donors (Lipinski definition) is 4. The highest BCUT2D eigenvalue weighted by atomic mass is 31.2. The molecule has 3 saturated heterocycles. The number of nitrogens with one attached hydrogen (secondary N) is 2. The van der Waals surface area contributed by atoms with E-state index in [0.29, 0.717) is 50.6 Å². The van der Waals surface area contributed by atoms with E-state index in [0.717, 1.165) is 72.0 Å². The van der Waals surface area contributed by atoms with Gasteiger partial charge in [0.2, 0.25) is 5.91 Å². The second-order valence-corrected chi connectivity index (χ2v) is 16.0. The van der Waals surface area contributed by atoms with Gasteiger partial charge < -0.3 is 34.8 Å². The third-order valence-electron chi connectivity index (χ3n) is 11.1. The largest absolute Gasteiger partial charge is 0.471 e. The second kappa shape index (κ2) is 15.7. The van der Waals surface area contributed by atoms with E-state index in [4.69, 9.17) is 9.79 Å². The van der Waals surface area contributed by atoms with Crippen LogP contribution in [0.4, 0.5) is 4.79 Å². The first-order valence-corrected chi connectivity index (χ1v) is 20.0. The molecule has 0 bridgehead atoms. The van der Waals surface area contributed by atoms with Gasteiger partial charge in [-0.15, -0.1) is 0 Å². The first-order valence-electron chi connectivity index (χ1n) is 18.5. The quantitative estimate of drug-likeness (QED) is 0.186. The number of carbonyl (C=O) groups is 2. The average Bonchev–Trinajstić information content (AvgIpc) is 3.57. The summed E-state index contributed by atoms with van der Waals surface area (Å²) in [5.41, 5.74) is 3.73. The van der Waals surface area contributed by atoms with Crippen molar-refractivity contribution in [3.63, 3.8) is 0 Å². The molecule has 15 nitrogen and oxygen atoms in total. The minimum absolute atomic E-state index is 0.0217. The topological polar surface area (TPSA) is 177 Å². The standard InChI is InChI=1S/C37H49N8O7P/c1-25-19-26(20-29-23-45(40-34(25)29)24-52-53(49,50)51)21-33(36(47)43-17-15-42(16-18-43)30-9-11-41(2)12-10-30)39-37(48)44-13-7-27(8-14-44)31-22-28-5-3-4-6-32(28)38-35(31)46/h3-6,19-20,22-23,27,30,33H,7-18,21,24H2,1-2H3,(H,38,46)(H,39,48)(H2,49,50,51). The Morgan fingerprint density at radius 3 is 2.40 bits per heavy atom. The van der Waals surface area contributed by atoms with Crippen molar-refractivity contribution < 1.29 is 28.5 Å². The van der Waals surface area contributed by atoms with Gasteiger partial charge in [0.05, 0.1) is 5.52 Å². The molecule has 16 heteroatoms. The summed E-state index contributed by atoms with van der Waals surface area (Å²) in [5, 5.41) is 9.22. The number of benzene rings is 2. The van der Waals surface area contributed by atoms with Crippen LogP contribution in [0.15, 0.2) is 53.5 Å². The fourth-order valence-corrected chi connectivity index (χ4v) is 8.45. The zero-order valence-electron chi connectivity index (χ0n) is 30.3. The number of carbonyl (C=O) groups excluding carboxylic acids is 2. The van der Waals surface area contributed by atoms with Crippen LogP contribution in [-0.2, 0) is 27.0 Å². The van der Waals surface area contributed by atoms with Crippen LogP contribution in [0.5, 0.6) is 0 Å². The number of piperidine rings is 2. The van der Waals surface area contributed by atoms with Gasteiger partial charge in [0.1, 0.15) is 6.04 Å². The van der Waals surface area contributed by atoms with Crippen molar-refractivity contribution in [2.24, 2.45) is 0 Å². The Kier molecular flexibility index (Phi) is 11.0. The molecule has 3 fully saturated rings. The molecule has 2 aromatic carbocycles. The van der Waals surface area contributed by atoms with Gasteiger partial charge in [0, 0.05) is 74.4 Å². The molecule has 1 atom stereocenters. The Morgan fingerprint density at radius 2 is 1.68 bits per heavy atom. The van der Waals surface area contributed by atoms with Crippen LogP contribution in [0, 0.1) is 6.92 Å². The SMILES string of the molecule is Cc1cc(CC(NC(=O)N2CCC(c3cc4ccccc4[nH]c3=O)CC2)C(=O)N2CCN(C3CCN(C)CC3)CC2)cc2cn(COP(=O)(O)O)nc12. The number of hydrogen-bond acceptors (Lipinski definition) is 8. The molecule has 2 aromatic heterocycles. The summed E-state index contributed by atoms with van der Waals surface area (Å²) in [5.74, 6) is -0.101. The molecule has 1 unspecified atom stereocenters. The lowest BCUT2D eigenvalue weighted by Gasteiger charge is -2.43. The second-order valence-electron chi connectivity index (χ2n) is 14.8. The Bertz CT molecular complexity index is 2060. The Balaban J connectivity index is 1.05. The van der Waals surface area contributed by atoms with Crippen LogP contribution in [0.25, 0.3) is 21.8 Å². The smallest absolute Gasteiger partial charge is 0.338 e. The van der Waals surface area contributed by atoms with Crippen LogP contribution >= 0.6 is 7.82 Å². The van der Waals surface area contributed by atoms with Crippen LogP contribution < -0.4 is 10.9 Å². The fraction of sp³-hybridized carbons (Fsp3) is 0.514. The molecule has 0 aliphatic carbocycles. The summed E-state index contributed by atoms with van der Waals surface area (Å²) < 4.78 is 17.2. The number of aryl methyl sites for hydroxylation is 1. The van der Waals surface area contributed by atoms with Crippen molar-refractivity contribution in [3.8, 4) is 0 Å². The van der Waals surface area contributed by atoms with Gasteiger partial charge in [-0.05, 0) is 93.4 Å². The van der Waals surface area contributed by atoms with Gasteiger partial charge in [0.15, 0.2) is 6.73 Å². The number of piperazine rings is 1. The van der Waals surface area contributed by atoms with Gasteiger partial charge in [-0.25, -0.2) is 14.0 Å². The molecule has 5 heterocycles. The van der Waals surface area contributed by atoms with E-state index in [9.17, 15) is 18.9 Å². The Morgan fingerprint density at radius 1 is 0.962 bits per heavy atom. The zero-order valence-corrected chi connectivity index (χ0v) is 31.2. The maximum Gasteiger partial charge on any atom is 0.471 e. The molecule has 3 amide bonds. The van der Waals surface area contributed by atoms with E-state index in [1.807, 2.05) is 54.3 Å². The van der Waals surface area contributed by atoms with E-state index < -0.39 is 20.6 Å². The third-order valence-corrected chi connectivity index (χ3v) is 11.6. The van der Waals surface area contributed by atoms with Crippen molar-refractivity contribution in [1.82, 2.24) is 39.7 Å². The van der Waals surface area contributed by atoms with E-state index in [-0.39, 0.29) is 29.8 Å². The van der Waals surface area contributed by atoms with Gasteiger partial charge >= 0.3 is 13.9 Å². The lowest BCUT2D eigenvalue weighted by Crippen LogP contribution is -2.59. The normalized spacial score (nSPS) is 19.2. The number of H-pyrrole nitrogens is 1. The number of rotatable bonds is 9. The summed E-state index contributed by atoms with van der Waals surface area (Å²) >= 11 is 0. The van der Waals surface area contributed by atoms with E-state index >= 15 is 0 Å². The zero-order chi connectivity index (χ0) is 37.3. The molecule has 3 aliphatic heterocycles. The third kappa shape index (κ3) is 8.83. The van der Waals surface area contributed by atoms with Gasteiger partial charge in [-0.2, -0.15) is 5.10 Å². The number of phosphoric acid groups is 1. The van der Waals surface area contributed by atoms with Crippen LogP contribution in [-0.4, -0.2) is 128 Å². The van der Waals surface area contributed by atoms with Crippen LogP contribution in [0.2, 0.25) is 0 Å². The number of nitrogens with zero attached hydrogens (tertiary/aromatic N) is 6. The molecule has 53 heavy (non-hydrogen) atoms. The Labute approximate surface area is 308 Å². The lowest BCUT2D eigenvalue weighted by molar-refractivity contribution is -0.135. The van der Waals surface area contributed by atoms with Gasteiger partial charge in [0.25, 0.3) is 5.56 Å². The molecule has 4 aromatic rings. The van der Waals surface area contributed by atoms with Crippen molar-refractivity contribution in [1.29, 1.82) is 0 Å². The van der Waals surface area contributed by atoms with Gasteiger partial charge in [-0.3, -0.25) is 19.0 Å². The molecule has 0 spiro atoms. The number of amides is 3. The highest BCUT2D eigenvalue weighted by Crippen LogP contribution is 2.36. The minimum Gasteiger partial charge on any atom is -0.338 e. The number of aromatic nitrogens is 3. The number of aromatic amines is 1. The van der Waals surface area contributed by atoms with Crippen molar-refractivity contribution in [2.75, 3.05) is 59.4 Å².